The van der Waals surface area contributed by atoms with Gasteiger partial charge in [0.15, 0.2) is 6.10 Å². The van der Waals surface area contributed by atoms with Crippen molar-refractivity contribution in [3.05, 3.63) is 59.9 Å². The number of halogens is 4. The van der Waals surface area contributed by atoms with Crippen LogP contribution in [0.2, 0.25) is 0 Å². The van der Waals surface area contributed by atoms with Crippen molar-refractivity contribution in [3.63, 3.8) is 0 Å². The molecular formula is C17H13F4NO4. The first-order valence-corrected chi connectivity index (χ1v) is 7.27. The maximum atomic E-state index is 13.1. The van der Waals surface area contributed by atoms with E-state index in [9.17, 15) is 27.2 Å². The molecule has 5 nitrogen and oxygen atoms in total. The Bertz CT molecular complexity index is 790. The van der Waals surface area contributed by atoms with Gasteiger partial charge in [-0.25, -0.2) is 9.18 Å². The molecule has 0 aliphatic heterocycles. The third kappa shape index (κ3) is 5.76. The Morgan fingerprint density at radius 2 is 1.73 bits per heavy atom. The molecule has 0 fully saturated rings. The largest absolute Gasteiger partial charge is 0.573 e. The van der Waals surface area contributed by atoms with Crippen molar-refractivity contribution in [2.75, 3.05) is 5.32 Å². The highest BCUT2D eigenvalue weighted by molar-refractivity contribution is 5.97. The summed E-state index contributed by atoms with van der Waals surface area (Å²) in [6.07, 6.45) is -6.05. The third-order valence-electron chi connectivity index (χ3n) is 3.07. The smallest absolute Gasteiger partial charge is 0.449 e. The van der Waals surface area contributed by atoms with Gasteiger partial charge in [0.2, 0.25) is 0 Å². The molecular weight excluding hydrogens is 358 g/mol. The molecule has 0 saturated carbocycles. The lowest BCUT2D eigenvalue weighted by Crippen LogP contribution is -2.30. The van der Waals surface area contributed by atoms with E-state index >= 15 is 0 Å². The molecule has 0 bridgehead atoms. The number of hydrogen-bond donors (Lipinski definition) is 1. The van der Waals surface area contributed by atoms with Gasteiger partial charge in [0.05, 0.1) is 5.56 Å². The normalized spacial score (nSPS) is 12.2. The monoisotopic (exact) mass is 371 g/mol. The van der Waals surface area contributed by atoms with Crippen LogP contribution in [0.1, 0.15) is 17.3 Å². The topological polar surface area (TPSA) is 64.6 Å². The molecule has 0 saturated heterocycles. The fraction of sp³-hybridized carbons (Fsp3) is 0.176. The first kappa shape index (κ1) is 19.2. The fourth-order valence-corrected chi connectivity index (χ4v) is 1.88. The van der Waals surface area contributed by atoms with Gasteiger partial charge in [-0.05, 0) is 49.4 Å². The molecule has 0 unspecified atom stereocenters. The number of esters is 1. The van der Waals surface area contributed by atoms with Crippen molar-refractivity contribution < 1.29 is 36.6 Å². The second-order valence-corrected chi connectivity index (χ2v) is 5.12. The van der Waals surface area contributed by atoms with Crippen LogP contribution in [-0.4, -0.2) is 24.3 Å². The Hall–Kier alpha value is -3.10. The van der Waals surface area contributed by atoms with Crippen LogP contribution in [0, 0.1) is 5.82 Å². The summed E-state index contributed by atoms with van der Waals surface area (Å²) in [6, 6.07) is 9.17. The maximum Gasteiger partial charge on any atom is 0.573 e. The number of amides is 1. The minimum absolute atomic E-state index is 0.0649. The third-order valence-corrected chi connectivity index (χ3v) is 3.07. The first-order valence-electron chi connectivity index (χ1n) is 7.27. The molecule has 0 heterocycles. The minimum Gasteiger partial charge on any atom is -0.449 e. The predicted octanol–water partition coefficient (Wildman–Crippen LogP) is 3.91. The number of benzene rings is 2. The lowest BCUT2D eigenvalue weighted by molar-refractivity contribution is -0.274. The van der Waals surface area contributed by atoms with Crippen LogP contribution >= 0.6 is 0 Å². The van der Waals surface area contributed by atoms with Gasteiger partial charge in [0, 0.05) is 5.69 Å². The Morgan fingerprint density at radius 1 is 1.08 bits per heavy atom. The fourth-order valence-electron chi connectivity index (χ4n) is 1.88. The van der Waals surface area contributed by atoms with Gasteiger partial charge in [-0.2, -0.15) is 0 Å². The van der Waals surface area contributed by atoms with Crippen LogP contribution in [-0.2, 0) is 9.53 Å². The van der Waals surface area contributed by atoms with E-state index in [1.165, 1.54) is 25.1 Å². The molecule has 0 aromatic heterocycles. The number of ether oxygens (including phenoxy) is 2. The van der Waals surface area contributed by atoms with E-state index in [1.54, 1.807) is 0 Å². The van der Waals surface area contributed by atoms with E-state index in [1.807, 2.05) is 0 Å². The van der Waals surface area contributed by atoms with Crippen LogP contribution in [0.25, 0.3) is 0 Å². The Morgan fingerprint density at radius 3 is 2.31 bits per heavy atom. The molecule has 0 aliphatic carbocycles. The Labute approximate surface area is 145 Å². The summed E-state index contributed by atoms with van der Waals surface area (Å²) >= 11 is 0. The van der Waals surface area contributed by atoms with Crippen LogP contribution in [0.5, 0.6) is 5.75 Å². The van der Waals surface area contributed by atoms with Crippen molar-refractivity contribution in [1.29, 1.82) is 0 Å². The highest BCUT2D eigenvalue weighted by Crippen LogP contribution is 2.23. The van der Waals surface area contributed by atoms with Crippen LogP contribution in [0.15, 0.2) is 48.5 Å². The number of nitrogens with one attached hydrogen (secondary N) is 1. The summed E-state index contributed by atoms with van der Waals surface area (Å²) in [4.78, 5) is 23.9. The molecule has 0 aliphatic rings. The summed E-state index contributed by atoms with van der Waals surface area (Å²) < 4.78 is 57.9. The summed E-state index contributed by atoms with van der Waals surface area (Å²) in [5.74, 6) is -2.65. The molecule has 9 heteroatoms. The van der Waals surface area contributed by atoms with Gasteiger partial charge in [-0.3, -0.25) is 4.79 Å². The average Bonchev–Trinajstić information content (AvgIpc) is 2.53. The number of carbonyl (C=O) groups is 2. The van der Waals surface area contributed by atoms with Crippen molar-refractivity contribution in [1.82, 2.24) is 0 Å². The number of rotatable bonds is 5. The van der Waals surface area contributed by atoms with E-state index in [-0.39, 0.29) is 11.3 Å². The van der Waals surface area contributed by atoms with E-state index in [0.717, 1.165) is 30.3 Å². The Balaban J connectivity index is 1.94. The SMILES string of the molecule is C[C@@H](OC(=O)c1ccc(OC(F)(F)F)cc1)C(=O)Nc1cccc(F)c1. The lowest BCUT2D eigenvalue weighted by atomic mass is 10.2. The van der Waals surface area contributed by atoms with Crippen molar-refractivity contribution in [3.8, 4) is 5.75 Å². The van der Waals surface area contributed by atoms with Gasteiger partial charge in [0.1, 0.15) is 11.6 Å². The molecule has 2 aromatic rings. The predicted molar refractivity (Wildman–Crippen MR) is 83.0 cm³/mol. The zero-order valence-corrected chi connectivity index (χ0v) is 13.3. The number of alkyl halides is 3. The average molecular weight is 371 g/mol. The summed E-state index contributed by atoms with van der Waals surface area (Å²) in [7, 11) is 0. The highest BCUT2D eigenvalue weighted by Gasteiger charge is 2.31. The zero-order valence-electron chi connectivity index (χ0n) is 13.3. The molecule has 1 amide bonds. The van der Waals surface area contributed by atoms with Gasteiger partial charge in [-0.1, -0.05) is 6.07 Å². The molecule has 1 atom stereocenters. The van der Waals surface area contributed by atoms with Crippen molar-refractivity contribution in [2.24, 2.45) is 0 Å². The second-order valence-electron chi connectivity index (χ2n) is 5.12. The molecule has 26 heavy (non-hydrogen) atoms. The van der Waals surface area contributed by atoms with E-state index in [2.05, 4.69) is 10.1 Å². The molecule has 138 valence electrons. The van der Waals surface area contributed by atoms with Gasteiger partial charge in [0.25, 0.3) is 5.91 Å². The van der Waals surface area contributed by atoms with E-state index < -0.39 is 35.9 Å². The van der Waals surface area contributed by atoms with E-state index in [4.69, 9.17) is 4.74 Å². The summed E-state index contributed by atoms with van der Waals surface area (Å²) in [6.45, 7) is 1.30. The molecule has 1 N–H and O–H groups in total. The van der Waals surface area contributed by atoms with Crippen LogP contribution < -0.4 is 10.1 Å². The van der Waals surface area contributed by atoms with Gasteiger partial charge >= 0.3 is 12.3 Å². The molecule has 0 spiro atoms. The van der Waals surface area contributed by atoms with Gasteiger partial charge < -0.3 is 14.8 Å². The standard InChI is InChI=1S/C17H13F4NO4/c1-10(15(23)22-13-4-2-3-12(18)9-13)25-16(24)11-5-7-14(8-6-11)26-17(19,20)21/h2-10H,1H3,(H,22,23)/t10-/m1/s1. The Kier molecular flexibility index (Phi) is 5.81. The maximum absolute atomic E-state index is 13.1. The number of anilines is 1. The van der Waals surface area contributed by atoms with Crippen LogP contribution in [0.4, 0.5) is 23.2 Å². The minimum atomic E-state index is -4.84. The first-order chi connectivity index (χ1) is 12.1. The molecule has 0 radical (unpaired) electrons. The highest BCUT2D eigenvalue weighted by atomic mass is 19.4. The number of carbonyl (C=O) groups excluding carboxylic acids is 2. The van der Waals surface area contributed by atoms with Crippen molar-refractivity contribution >= 4 is 17.6 Å². The summed E-state index contributed by atoms with van der Waals surface area (Å²) in [5, 5.41) is 2.37. The van der Waals surface area contributed by atoms with Crippen LogP contribution in [0.3, 0.4) is 0 Å². The zero-order chi connectivity index (χ0) is 19.3. The molecule has 2 rings (SSSR count). The molecule has 2 aromatic carbocycles. The van der Waals surface area contributed by atoms with Gasteiger partial charge in [-0.15, -0.1) is 13.2 Å². The van der Waals surface area contributed by atoms with E-state index in [0.29, 0.717) is 0 Å². The summed E-state index contributed by atoms with van der Waals surface area (Å²) in [5.41, 5.74) is 0.122. The van der Waals surface area contributed by atoms with Crippen molar-refractivity contribution in [2.45, 2.75) is 19.4 Å². The lowest BCUT2D eigenvalue weighted by Gasteiger charge is -2.14. The second kappa shape index (κ2) is 7.85. The number of hydrogen-bond acceptors (Lipinski definition) is 4. The quantitative estimate of drug-likeness (QED) is 0.639.